The number of hydrogen-bond acceptors (Lipinski definition) is 2. The third kappa shape index (κ3) is 5.99. The molecule has 1 aromatic rings. The molecule has 0 aliphatic carbocycles. The van der Waals surface area contributed by atoms with E-state index in [1.807, 2.05) is 12.1 Å². The van der Waals surface area contributed by atoms with Gasteiger partial charge >= 0.3 is 6.03 Å². The summed E-state index contributed by atoms with van der Waals surface area (Å²) in [6.07, 6.45) is 1.10. The summed E-state index contributed by atoms with van der Waals surface area (Å²) in [5, 5.41) is 13.1. The molecule has 112 valence electrons. The quantitative estimate of drug-likeness (QED) is 0.792. The van der Waals surface area contributed by atoms with Crippen molar-refractivity contribution in [2.45, 2.75) is 25.9 Å². The minimum Gasteiger partial charge on any atom is -0.392 e. The number of rotatable bonds is 6. The van der Waals surface area contributed by atoms with Crippen molar-refractivity contribution >= 4 is 29.2 Å². The highest BCUT2D eigenvalue weighted by molar-refractivity contribution is 6.42. The van der Waals surface area contributed by atoms with Crippen LogP contribution in [0.3, 0.4) is 0 Å². The average molecular weight is 319 g/mol. The van der Waals surface area contributed by atoms with E-state index in [4.69, 9.17) is 23.2 Å². The highest BCUT2D eigenvalue weighted by atomic mass is 35.5. The lowest BCUT2D eigenvalue weighted by Crippen LogP contribution is -2.41. The molecule has 2 N–H and O–H groups in total. The van der Waals surface area contributed by atoms with Crippen LogP contribution in [0.2, 0.25) is 10.0 Å². The van der Waals surface area contributed by atoms with E-state index < -0.39 is 6.10 Å². The SMILES string of the molecule is C[C@@H](O)CN(C)C(=O)NCCCc1ccc(Cl)c(Cl)c1. The number of carbonyl (C=O) groups is 1. The van der Waals surface area contributed by atoms with Gasteiger partial charge in [0.2, 0.25) is 0 Å². The van der Waals surface area contributed by atoms with Crippen LogP contribution < -0.4 is 5.32 Å². The van der Waals surface area contributed by atoms with Gasteiger partial charge < -0.3 is 15.3 Å². The lowest BCUT2D eigenvalue weighted by molar-refractivity contribution is 0.144. The van der Waals surface area contributed by atoms with Crippen LogP contribution >= 0.6 is 23.2 Å². The van der Waals surface area contributed by atoms with E-state index in [1.165, 1.54) is 4.90 Å². The van der Waals surface area contributed by atoms with Crippen LogP contribution in [0.5, 0.6) is 0 Å². The first kappa shape index (κ1) is 17.1. The lowest BCUT2D eigenvalue weighted by atomic mass is 10.1. The van der Waals surface area contributed by atoms with E-state index >= 15 is 0 Å². The summed E-state index contributed by atoms with van der Waals surface area (Å²) in [6.45, 7) is 2.54. The maximum atomic E-state index is 11.7. The second kappa shape index (κ2) is 8.35. The molecule has 1 atom stereocenters. The molecule has 20 heavy (non-hydrogen) atoms. The van der Waals surface area contributed by atoms with Crippen molar-refractivity contribution in [3.8, 4) is 0 Å². The van der Waals surface area contributed by atoms with E-state index in [-0.39, 0.29) is 6.03 Å². The van der Waals surface area contributed by atoms with Crippen LogP contribution in [0.1, 0.15) is 18.9 Å². The summed E-state index contributed by atoms with van der Waals surface area (Å²) in [6, 6.07) is 5.36. The van der Waals surface area contributed by atoms with E-state index in [1.54, 1.807) is 20.0 Å². The third-order valence-corrected chi connectivity index (χ3v) is 3.53. The number of hydrogen-bond donors (Lipinski definition) is 2. The fourth-order valence-electron chi connectivity index (χ4n) is 1.80. The van der Waals surface area contributed by atoms with Crippen LogP contribution in [-0.4, -0.2) is 42.3 Å². The molecule has 0 aliphatic heterocycles. The second-order valence-corrected chi connectivity index (χ2v) is 5.63. The van der Waals surface area contributed by atoms with E-state index in [0.29, 0.717) is 23.1 Å². The molecule has 0 saturated heterocycles. The smallest absolute Gasteiger partial charge is 0.317 e. The van der Waals surface area contributed by atoms with Crippen LogP contribution in [0.25, 0.3) is 0 Å². The Kier molecular flexibility index (Phi) is 7.13. The Balaban J connectivity index is 2.27. The van der Waals surface area contributed by atoms with Gasteiger partial charge in [0.25, 0.3) is 0 Å². The molecular weight excluding hydrogens is 299 g/mol. The number of amides is 2. The van der Waals surface area contributed by atoms with Crippen molar-refractivity contribution in [3.05, 3.63) is 33.8 Å². The number of aliphatic hydroxyl groups excluding tert-OH is 1. The van der Waals surface area contributed by atoms with Crippen molar-refractivity contribution in [2.75, 3.05) is 20.1 Å². The van der Waals surface area contributed by atoms with Gasteiger partial charge in [0.1, 0.15) is 0 Å². The van der Waals surface area contributed by atoms with Gasteiger partial charge in [-0.25, -0.2) is 4.79 Å². The Bertz CT molecular complexity index is 453. The Morgan fingerprint density at radius 2 is 2.10 bits per heavy atom. The average Bonchev–Trinajstić information content (AvgIpc) is 2.37. The molecule has 0 radical (unpaired) electrons. The molecule has 0 fully saturated rings. The van der Waals surface area contributed by atoms with E-state index in [9.17, 15) is 9.90 Å². The summed E-state index contributed by atoms with van der Waals surface area (Å²) in [7, 11) is 1.65. The molecule has 4 nitrogen and oxygen atoms in total. The number of benzene rings is 1. The molecule has 1 aromatic carbocycles. The highest BCUT2D eigenvalue weighted by Crippen LogP contribution is 2.22. The molecular formula is C14H20Cl2N2O2. The zero-order valence-corrected chi connectivity index (χ0v) is 13.2. The van der Waals surface area contributed by atoms with Gasteiger partial charge in [-0.15, -0.1) is 0 Å². The van der Waals surface area contributed by atoms with Crippen molar-refractivity contribution in [3.63, 3.8) is 0 Å². The molecule has 0 bridgehead atoms. The predicted molar refractivity (Wildman–Crippen MR) is 82.5 cm³/mol. The molecule has 0 aliphatic rings. The first-order valence-corrected chi connectivity index (χ1v) is 7.26. The molecule has 0 heterocycles. The molecule has 0 unspecified atom stereocenters. The predicted octanol–water partition coefficient (Wildman–Crippen LogP) is 2.95. The van der Waals surface area contributed by atoms with E-state index in [2.05, 4.69) is 5.32 Å². The zero-order valence-electron chi connectivity index (χ0n) is 11.7. The van der Waals surface area contributed by atoms with Gasteiger partial charge in [0.15, 0.2) is 0 Å². The first-order valence-electron chi connectivity index (χ1n) is 6.51. The monoisotopic (exact) mass is 318 g/mol. The Morgan fingerprint density at radius 1 is 1.40 bits per heavy atom. The summed E-state index contributed by atoms with van der Waals surface area (Å²) < 4.78 is 0. The number of halogens is 2. The number of carbonyl (C=O) groups excluding carboxylic acids is 1. The number of nitrogens with zero attached hydrogens (tertiary/aromatic N) is 1. The minimum atomic E-state index is -0.526. The number of nitrogens with one attached hydrogen (secondary N) is 1. The molecule has 0 aromatic heterocycles. The fourth-order valence-corrected chi connectivity index (χ4v) is 2.12. The Hall–Kier alpha value is -0.970. The standard InChI is InChI=1S/C14H20Cl2N2O2/c1-10(19)9-18(2)14(20)17-7-3-4-11-5-6-12(15)13(16)8-11/h5-6,8,10,19H,3-4,7,9H2,1-2H3,(H,17,20)/t10-/m1/s1. The molecule has 0 saturated carbocycles. The van der Waals surface area contributed by atoms with Crippen LogP contribution in [-0.2, 0) is 6.42 Å². The zero-order chi connectivity index (χ0) is 15.1. The van der Waals surface area contributed by atoms with Crippen molar-refractivity contribution in [1.29, 1.82) is 0 Å². The normalized spacial score (nSPS) is 12.1. The van der Waals surface area contributed by atoms with Gasteiger partial charge in [0, 0.05) is 20.1 Å². The second-order valence-electron chi connectivity index (χ2n) is 4.81. The van der Waals surface area contributed by atoms with Crippen molar-refractivity contribution < 1.29 is 9.90 Å². The molecule has 1 rings (SSSR count). The third-order valence-electron chi connectivity index (χ3n) is 2.79. The maximum Gasteiger partial charge on any atom is 0.317 e. The van der Waals surface area contributed by atoms with Gasteiger partial charge in [-0.05, 0) is 37.5 Å². The number of urea groups is 1. The number of aryl methyl sites for hydroxylation is 1. The van der Waals surface area contributed by atoms with Crippen molar-refractivity contribution in [2.24, 2.45) is 0 Å². The molecule has 2 amide bonds. The molecule has 6 heteroatoms. The summed E-state index contributed by atoms with van der Waals surface area (Å²) in [5.74, 6) is 0. The largest absolute Gasteiger partial charge is 0.392 e. The van der Waals surface area contributed by atoms with Gasteiger partial charge in [-0.2, -0.15) is 0 Å². The summed E-state index contributed by atoms with van der Waals surface area (Å²) >= 11 is 11.8. The van der Waals surface area contributed by atoms with Crippen LogP contribution in [0.15, 0.2) is 18.2 Å². The van der Waals surface area contributed by atoms with Crippen molar-refractivity contribution in [1.82, 2.24) is 10.2 Å². The number of aliphatic hydroxyl groups is 1. The number of likely N-dealkylation sites (N-methyl/N-ethyl adjacent to an activating group) is 1. The Labute approximate surface area is 129 Å². The van der Waals surface area contributed by atoms with Crippen LogP contribution in [0.4, 0.5) is 4.79 Å². The van der Waals surface area contributed by atoms with Gasteiger partial charge in [0.05, 0.1) is 16.1 Å². The topological polar surface area (TPSA) is 52.6 Å². The summed E-state index contributed by atoms with van der Waals surface area (Å²) in [4.78, 5) is 13.1. The Morgan fingerprint density at radius 3 is 2.70 bits per heavy atom. The lowest BCUT2D eigenvalue weighted by Gasteiger charge is -2.19. The summed E-state index contributed by atoms with van der Waals surface area (Å²) in [5.41, 5.74) is 1.09. The van der Waals surface area contributed by atoms with Crippen LogP contribution in [0, 0.1) is 0 Å². The fraction of sp³-hybridized carbons (Fsp3) is 0.500. The minimum absolute atomic E-state index is 0.181. The van der Waals surface area contributed by atoms with Gasteiger partial charge in [-0.3, -0.25) is 0 Å². The molecule has 0 spiro atoms. The van der Waals surface area contributed by atoms with Gasteiger partial charge in [-0.1, -0.05) is 29.3 Å². The highest BCUT2D eigenvalue weighted by Gasteiger charge is 2.09. The first-order chi connectivity index (χ1) is 9.40. The maximum absolute atomic E-state index is 11.7. The van der Waals surface area contributed by atoms with E-state index in [0.717, 1.165) is 18.4 Å².